The molecule has 0 spiro atoms. The average Bonchev–Trinajstić information content (AvgIpc) is 2.94. The number of carbonyl (C=O) groups excluding carboxylic acids is 1. The van der Waals surface area contributed by atoms with Crippen molar-refractivity contribution >= 4 is 5.91 Å². The summed E-state index contributed by atoms with van der Waals surface area (Å²) >= 11 is 0. The highest BCUT2D eigenvalue weighted by Gasteiger charge is 2.24. The van der Waals surface area contributed by atoms with E-state index < -0.39 is 0 Å². The predicted molar refractivity (Wildman–Crippen MR) is 84.2 cm³/mol. The molecule has 2 aliphatic heterocycles. The topological polar surface area (TPSA) is 35.6 Å². The molecule has 21 heavy (non-hydrogen) atoms. The molecule has 0 saturated carbocycles. The van der Waals surface area contributed by atoms with Crippen molar-refractivity contribution in [3.63, 3.8) is 0 Å². The molecule has 0 unspecified atom stereocenters. The van der Waals surface area contributed by atoms with Gasteiger partial charge >= 0.3 is 0 Å². The molecule has 0 aromatic heterocycles. The van der Waals surface area contributed by atoms with E-state index >= 15 is 0 Å². The zero-order chi connectivity index (χ0) is 14.8. The van der Waals surface area contributed by atoms with Gasteiger partial charge in [-0.2, -0.15) is 0 Å². The molecule has 1 aromatic carbocycles. The van der Waals surface area contributed by atoms with Crippen LogP contribution in [0.25, 0.3) is 0 Å². The third-order valence-electron chi connectivity index (χ3n) is 4.61. The second-order valence-electron chi connectivity index (χ2n) is 6.58. The number of hydrogen-bond donors (Lipinski definition) is 1. The molecule has 114 valence electrons. The first-order chi connectivity index (χ1) is 10.1. The Morgan fingerprint density at radius 3 is 2.67 bits per heavy atom. The summed E-state index contributed by atoms with van der Waals surface area (Å²) in [7, 11) is 4.24. The standard InChI is InChI=1S/C17H25N3O/c1-19(2)12-13-5-7-20(8-6-13)17(21)14-3-4-15-10-18-11-16(15)9-14/h3-4,9,13,18H,5-8,10-12H2,1-2H3. The summed E-state index contributed by atoms with van der Waals surface area (Å²) in [5, 5.41) is 3.33. The van der Waals surface area contributed by atoms with Gasteiger partial charge in [-0.15, -0.1) is 0 Å². The summed E-state index contributed by atoms with van der Waals surface area (Å²) in [6.07, 6.45) is 2.24. The zero-order valence-electron chi connectivity index (χ0n) is 13.1. The molecule has 1 aromatic rings. The Morgan fingerprint density at radius 1 is 1.24 bits per heavy atom. The van der Waals surface area contributed by atoms with Crippen molar-refractivity contribution in [2.75, 3.05) is 33.7 Å². The van der Waals surface area contributed by atoms with Crippen molar-refractivity contribution in [3.05, 3.63) is 34.9 Å². The van der Waals surface area contributed by atoms with Gasteiger partial charge in [0.05, 0.1) is 0 Å². The summed E-state index contributed by atoms with van der Waals surface area (Å²) < 4.78 is 0. The zero-order valence-corrected chi connectivity index (χ0v) is 13.1. The van der Waals surface area contributed by atoms with Crippen molar-refractivity contribution in [1.29, 1.82) is 0 Å². The van der Waals surface area contributed by atoms with Crippen LogP contribution >= 0.6 is 0 Å². The van der Waals surface area contributed by atoms with E-state index in [9.17, 15) is 4.79 Å². The van der Waals surface area contributed by atoms with Crippen molar-refractivity contribution in [1.82, 2.24) is 15.1 Å². The SMILES string of the molecule is CN(C)CC1CCN(C(=O)c2ccc3c(c2)CNC3)CC1. The molecule has 1 fully saturated rings. The summed E-state index contributed by atoms with van der Waals surface area (Å²) in [6, 6.07) is 6.16. The van der Waals surface area contributed by atoms with E-state index in [2.05, 4.69) is 36.4 Å². The Morgan fingerprint density at radius 2 is 1.95 bits per heavy atom. The van der Waals surface area contributed by atoms with Crippen LogP contribution in [0.1, 0.15) is 34.3 Å². The highest BCUT2D eigenvalue weighted by Crippen LogP contribution is 2.22. The maximum atomic E-state index is 12.6. The lowest BCUT2D eigenvalue weighted by Gasteiger charge is -2.33. The van der Waals surface area contributed by atoms with E-state index in [4.69, 9.17) is 0 Å². The van der Waals surface area contributed by atoms with Crippen molar-refractivity contribution in [2.45, 2.75) is 25.9 Å². The van der Waals surface area contributed by atoms with Gasteiger partial charge in [0.15, 0.2) is 0 Å². The molecular formula is C17H25N3O. The summed E-state index contributed by atoms with van der Waals surface area (Å²) in [4.78, 5) is 16.9. The minimum Gasteiger partial charge on any atom is -0.339 e. The van der Waals surface area contributed by atoms with Crippen LogP contribution in [0.5, 0.6) is 0 Å². The number of carbonyl (C=O) groups is 1. The second kappa shape index (κ2) is 6.16. The maximum absolute atomic E-state index is 12.6. The van der Waals surface area contributed by atoms with Gasteiger partial charge < -0.3 is 15.1 Å². The number of likely N-dealkylation sites (tertiary alicyclic amines) is 1. The fourth-order valence-electron chi connectivity index (χ4n) is 3.45. The molecular weight excluding hydrogens is 262 g/mol. The molecule has 0 radical (unpaired) electrons. The normalized spacial score (nSPS) is 19.1. The third-order valence-corrected chi connectivity index (χ3v) is 4.61. The van der Waals surface area contributed by atoms with E-state index in [-0.39, 0.29) is 5.91 Å². The molecule has 0 atom stereocenters. The number of rotatable bonds is 3. The highest BCUT2D eigenvalue weighted by molar-refractivity contribution is 5.94. The molecule has 0 bridgehead atoms. The van der Waals surface area contributed by atoms with Gasteiger partial charge in [0.1, 0.15) is 0 Å². The first kappa shape index (κ1) is 14.5. The molecule has 1 N–H and O–H groups in total. The van der Waals surface area contributed by atoms with E-state index in [0.717, 1.165) is 57.0 Å². The molecule has 4 nitrogen and oxygen atoms in total. The summed E-state index contributed by atoms with van der Waals surface area (Å²) in [6.45, 7) is 4.74. The van der Waals surface area contributed by atoms with Crippen LogP contribution < -0.4 is 5.32 Å². The number of fused-ring (bicyclic) bond motifs is 1. The Bertz CT molecular complexity index is 519. The molecule has 3 rings (SSSR count). The van der Waals surface area contributed by atoms with Crippen LogP contribution in [0, 0.1) is 5.92 Å². The number of nitrogens with zero attached hydrogens (tertiary/aromatic N) is 2. The fourth-order valence-corrected chi connectivity index (χ4v) is 3.45. The van der Waals surface area contributed by atoms with Gasteiger partial charge in [0.2, 0.25) is 0 Å². The maximum Gasteiger partial charge on any atom is 0.253 e. The van der Waals surface area contributed by atoms with Gasteiger partial charge in [0, 0.05) is 38.3 Å². The molecule has 4 heteroatoms. The smallest absolute Gasteiger partial charge is 0.253 e. The van der Waals surface area contributed by atoms with Gasteiger partial charge in [-0.1, -0.05) is 6.07 Å². The molecule has 1 saturated heterocycles. The van der Waals surface area contributed by atoms with Crippen LogP contribution in [0.15, 0.2) is 18.2 Å². The number of amides is 1. The molecule has 0 aliphatic carbocycles. The van der Waals surface area contributed by atoms with Crippen LogP contribution in [0.2, 0.25) is 0 Å². The minimum absolute atomic E-state index is 0.202. The summed E-state index contributed by atoms with van der Waals surface area (Å²) in [5.41, 5.74) is 3.46. The summed E-state index contributed by atoms with van der Waals surface area (Å²) in [5.74, 6) is 0.932. The average molecular weight is 287 g/mol. The van der Waals surface area contributed by atoms with Crippen molar-refractivity contribution < 1.29 is 4.79 Å². The minimum atomic E-state index is 0.202. The van der Waals surface area contributed by atoms with E-state index in [1.54, 1.807) is 0 Å². The van der Waals surface area contributed by atoms with Gasteiger partial charge in [0.25, 0.3) is 5.91 Å². The highest BCUT2D eigenvalue weighted by atomic mass is 16.2. The van der Waals surface area contributed by atoms with E-state index in [1.165, 1.54) is 11.1 Å². The van der Waals surface area contributed by atoms with Crippen LogP contribution in [-0.2, 0) is 13.1 Å². The molecule has 1 amide bonds. The van der Waals surface area contributed by atoms with Gasteiger partial charge in [-0.25, -0.2) is 0 Å². The van der Waals surface area contributed by atoms with Crippen LogP contribution in [-0.4, -0.2) is 49.4 Å². The number of nitrogens with one attached hydrogen (secondary N) is 1. The van der Waals surface area contributed by atoms with Gasteiger partial charge in [-0.05, 0) is 56.1 Å². The first-order valence-electron chi connectivity index (χ1n) is 7.90. The lowest BCUT2D eigenvalue weighted by Crippen LogP contribution is -2.40. The molecule has 2 heterocycles. The van der Waals surface area contributed by atoms with Crippen molar-refractivity contribution in [2.24, 2.45) is 5.92 Å². The quantitative estimate of drug-likeness (QED) is 0.919. The van der Waals surface area contributed by atoms with E-state index in [1.807, 2.05) is 11.0 Å². The Labute approximate surface area is 127 Å². The Hall–Kier alpha value is -1.39. The van der Waals surface area contributed by atoms with Crippen LogP contribution in [0.4, 0.5) is 0 Å². The number of piperidine rings is 1. The van der Waals surface area contributed by atoms with E-state index in [0.29, 0.717) is 0 Å². The van der Waals surface area contributed by atoms with Crippen LogP contribution in [0.3, 0.4) is 0 Å². The predicted octanol–water partition coefficient (Wildman–Crippen LogP) is 1.70. The Balaban J connectivity index is 1.61. The largest absolute Gasteiger partial charge is 0.339 e. The van der Waals surface area contributed by atoms with Gasteiger partial charge in [-0.3, -0.25) is 4.79 Å². The fraction of sp³-hybridized carbons (Fsp3) is 0.588. The third kappa shape index (κ3) is 3.27. The first-order valence-corrected chi connectivity index (χ1v) is 7.90. The number of hydrogen-bond acceptors (Lipinski definition) is 3. The van der Waals surface area contributed by atoms with Crippen molar-refractivity contribution in [3.8, 4) is 0 Å². The lowest BCUT2D eigenvalue weighted by atomic mass is 9.95. The number of benzene rings is 1. The lowest BCUT2D eigenvalue weighted by molar-refractivity contribution is 0.0678. The monoisotopic (exact) mass is 287 g/mol. The Kier molecular flexibility index (Phi) is 4.27. The molecule has 2 aliphatic rings. The second-order valence-corrected chi connectivity index (χ2v) is 6.58.